The summed E-state index contributed by atoms with van der Waals surface area (Å²) in [4.78, 5) is 24.2. The van der Waals surface area contributed by atoms with Gasteiger partial charge in [-0.3, -0.25) is 9.59 Å². The Morgan fingerprint density at radius 3 is 2.38 bits per heavy atom. The molecule has 116 valence electrons. The Morgan fingerprint density at radius 1 is 1.33 bits per heavy atom. The normalized spacial score (nSPS) is 13.0. The highest BCUT2D eigenvalue weighted by Gasteiger charge is 2.26. The van der Waals surface area contributed by atoms with Gasteiger partial charge in [0, 0.05) is 11.1 Å². The Bertz CT molecular complexity index is 565. The Balaban J connectivity index is 3.21. The van der Waals surface area contributed by atoms with Crippen molar-refractivity contribution >= 4 is 11.7 Å². The molecule has 1 aromatic rings. The molecule has 0 aliphatic heterocycles. The average Bonchev–Trinajstić information content (AvgIpc) is 2.35. The number of nitrogens with two attached hydrogens (primary N) is 1. The highest BCUT2D eigenvalue weighted by molar-refractivity contribution is 6.10. The van der Waals surface area contributed by atoms with E-state index in [0.717, 1.165) is 5.56 Å². The summed E-state index contributed by atoms with van der Waals surface area (Å²) in [5.74, 6) is -0.818. The van der Waals surface area contributed by atoms with Crippen LogP contribution in [-0.4, -0.2) is 35.0 Å². The Hall–Kier alpha value is -1.72. The fraction of sp³-hybridized carbons (Fsp3) is 0.500. The Morgan fingerprint density at radius 2 is 1.90 bits per heavy atom. The van der Waals surface area contributed by atoms with Crippen molar-refractivity contribution < 1.29 is 14.7 Å². The van der Waals surface area contributed by atoms with E-state index in [2.05, 4.69) is 5.32 Å². The maximum absolute atomic E-state index is 12.6. The lowest BCUT2D eigenvalue weighted by molar-refractivity contribution is 0.0900. The maximum atomic E-state index is 12.6. The smallest absolute Gasteiger partial charge is 0.249 e. The van der Waals surface area contributed by atoms with E-state index in [4.69, 9.17) is 5.73 Å². The second kappa shape index (κ2) is 6.37. The molecular formula is C16H24N2O3. The van der Waals surface area contributed by atoms with Crippen LogP contribution in [0.4, 0.5) is 0 Å². The minimum Gasteiger partial charge on any atom is -0.394 e. The number of aliphatic hydroxyl groups is 1. The zero-order valence-electron chi connectivity index (χ0n) is 13.3. The number of benzene rings is 1. The molecular weight excluding hydrogens is 268 g/mol. The number of primary amides is 1. The summed E-state index contributed by atoms with van der Waals surface area (Å²) < 4.78 is 0. The van der Waals surface area contributed by atoms with Gasteiger partial charge in [0.15, 0.2) is 5.78 Å². The van der Waals surface area contributed by atoms with Crippen molar-refractivity contribution in [3.8, 4) is 0 Å². The number of Topliss-reactive ketones (excluding diaryl/α,β-unsaturated/α-hetero) is 1. The lowest BCUT2D eigenvalue weighted by atomic mass is 9.92. The lowest BCUT2D eigenvalue weighted by Gasteiger charge is -2.28. The molecule has 1 aromatic carbocycles. The molecule has 0 heterocycles. The third-order valence-electron chi connectivity index (χ3n) is 3.39. The van der Waals surface area contributed by atoms with Crippen LogP contribution < -0.4 is 11.1 Å². The number of carbonyl (C=O) groups is 2. The van der Waals surface area contributed by atoms with Gasteiger partial charge in [-0.2, -0.15) is 0 Å². The predicted octanol–water partition coefficient (Wildman–Crippen LogP) is 1.33. The van der Waals surface area contributed by atoms with E-state index >= 15 is 0 Å². The first-order chi connectivity index (χ1) is 9.59. The van der Waals surface area contributed by atoms with Gasteiger partial charge in [0.2, 0.25) is 5.91 Å². The summed E-state index contributed by atoms with van der Waals surface area (Å²) in [6.45, 7) is 8.84. The standard InChI is InChI=1S/C16H24N2O3/c1-9-6-10(2)13(15(17)21)12(7-9)14(20)11(3)18-16(4,5)8-19/h6-7,11,18-19H,8H2,1-5H3,(H2,17,21). The molecule has 1 atom stereocenters. The van der Waals surface area contributed by atoms with Gasteiger partial charge in [0.25, 0.3) is 0 Å². The molecule has 4 N–H and O–H groups in total. The van der Waals surface area contributed by atoms with Crippen LogP contribution in [0.5, 0.6) is 0 Å². The Labute approximate surface area is 125 Å². The minimum absolute atomic E-state index is 0.0971. The molecule has 1 amide bonds. The number of ketones is 1. The number of aliphatic hydroxyl groups excluding tert-OH is 1. The van der Waals surface area contributed by atoms with Crippen molar-refractivity contribution in [2.75, 3.05) is 6.61 Å². The first-order valence-electron chi connectivity index (χ1n) is 6.93. The summed E-state index contributed by atoms with van der Waals surface area (Å²) >= 11 is 0. The average molecular weight is 292 g/mol. The zero-order valence-corrected chi connectivity index (χ0v) is 13.3. The van der Waals surface area contributed by atoms with Gasteiger partial charge in [0.1, 0.15) is 0 Å². The number of carbonyl (C=O) groups excluding carboxylic acids is 2. The molecule has 0 aliphatic carbocycles. The van der Waals surface area contributed by atoms with E-state index in [1.54, 1.807) is 33.8 Å². The van der Waals surface area contributed by atoms with Crippen molar-refractivity contribution in [2.45, 2.75) is 46.2 Å². The van der Waals surface area contributed by atoms with E-state index in [1.165, 1.54) is 0 Å². The molecule has 0 fully saturated rings. The molecule has 1 unspecified atom stereocenters. The molecule has 0 spiro atoms. The van der Waals surface area contributed by atoms with Crippen molar-refractivity contribution in [3.63, 3.8) is 0 Å². The second-order valence-corrected chi connectivity index (χ2v) is 6.14. The van der Waals surface area contributed by atoms with Crippen LogP contribution in [0.25, 0.3) is 0 Å². The molecule has 0 radical (unpaired) electrons. The first-order valence-corrected chi connectivity index (χ1v) is 6.93. The van der Waals surface area contributed by atoms with Crippen LogP contribution in [0.15, 0.2) is 12.1 Å². The van der Waals surface area contributed by atoms with E-state index in [9.17, 15) is 14.7 Å². The van der Waals surface area contributed by atoms with Crippen LogP contribution in [0, 0.1) is 13.8 Å². The number of aryl methyl sites for hydroxylation is 2. The molecule has 5 heteroatoms. The number of nitrogens with one attached hydrogen (secondary N) is 1. The van der Waals surface area contributed by atoms with Gasteiger partial charge in [-0.15, -0.1) is 0 Å². The van der Waals surface area contributed by atoms with Gasteiger partial charge >= 0.3 is 0 Å². The maximum Gasteiger partial charge on any atom is 0.249 e. The number of amides is 1. The number of hydrogen-bond donors (Lipinski definition) is 3. The van der Waals surface area contributed by atoms with E-state index < -0.39 is 17.5 Å². The molecule has 0 bridgehead atoms. The summed E-state index contributed by atoms with van der Waals surface area (Å²) in [5, 5.41) is 12.3. The third kappa shape index (κ3) is 4.12. The van der Waals surface area contributed by atoms with Crippen molar-refractivity contribution in [3.05, 3.63) is 34.4 Å². The van der Waals surface area contributed by atoms with E-state index in [0.29, 0.717) is 11.1 Å². The molecule has 5 nitrogen and oxygen atoms in total. The highest BCUT2D eigenvalue weighted by Crippen LogP contribution is 2.19. The van der Waals surface area contributed by atoms with E-state index in [-0.39, 0.29) is 18.0 Å². The largest absolute Gasteiger partial charge is 0.394 e. The van der Waals surface area contributed by atoms with Crippen LogP contribution in [0.3, 0.4) is 0 Å². The molecule has 0 aromatic heterocycles. The van der Waals surface area contributed by atoms with Crippen molar-refractivity contribution in [1.29, 1.82) is 0 Å². The summed E-state index contributed by atoms with van der Waals surface area (Å²) in [6.07, 6.45) is 0. The monoisotopic (exact) mass is 292 g/mol. The third-order valence-corrected chi connectivity index (χ3v) is 3.39. The summed E-state index contributed by atoms with van der Waals surface area (Å²) in [5.41, 5.74) is 7.01. The number of rotatable bonds is 6. The fourth-order valence-electron chi connectivity index (χ4n) is 2.42. The number of hydrogen-bond acceptors (Lipinski definition) is 4. The van der Waals surface area contributed by atoms with Gasteiger partial charge in [-0.25, -0.2) is 0 Å². The molecule has 21 heavy (non-hydrogen) atoms. The quantitative estimate of drug-likeness (QED) is 0.690. The van der Waals surface area contributed by atoms with Crippen LogP contribution >= 0.6 is 0 Å². The fourth-order valence-corrected chi connectivity index (χ4v) is 2.42. The van der Waals surface area contributed by atoms with Gasteiger partial charge < -0.3 is 16.2 Å². The van der Waals surface area contributed by atoms with Crippen LogP contribution in [0.1, 0.15) is 52.6 Å². The molecule has 0 aliphatic rings. The van der Waals surface area contributed by atoms with Gasteiger partial charge in [-0.1, -0.05) is 11.6 Å². The lowest BCUT2D eigenvalue weighted by Crippen LogP contribution is -2.50. The van der Waals surface area contributed by atoms with Crippen LogP contribution in [-0.2, 0) is 0 Å². The van der Waals surface area contributed by atoms with Crippen molar-refractivity contribution in [2.24, 2.45) is 5.73 Å². The molecule has 0 saturated carbocycles. The van der Waals surface area contributed by atoms with E-state index in [1.807, 2.05) is 13.0 Å². The van der Waals surface area contributed by atoms with Crippen molar-refractivity contribution in [1.82, 2.24) is 5.32 Å². The van der Waals surface area contributed by atoms with Crippen LogP contribution in [0.2, 0.25) is 0 Å². The van der Waals surface area contributed by atoms with Gasteiger partial charge in [0.05, 0.1) is 18.2 Å². The Kier molecular flexibility index (Phi) is 5.25. The molecule has 0 saturated heterocycles. The molecule has 1 rings (SSSR count). The SMILES string of the molecule is Cc1cc(C)c(C(N)=O)c(C(=O)C(C)NC(C)(C)CO)c1. The highest BCUT2D eigenvalue weighted by atomic mass is 16.3. The van der Waals surface area contributed by atoms with Gasteiger partial charge in [-0.05, 0) is 46.2 Å². The zero-order chi connectivity index (χ0) is 16.4. The predicted molar refractivity (Wildman–Crippen MR) is 82.5 cm³/mol. The first kappa shape index (κ1) is 17.3. The topological polar surface area (TPSA) is 92.4 Å². The minimum atomic E-state index is -0.607. The second-order valence-electron chi connectivity index (χ2n) is 6.14. The summed E-state index contributed by atoms with van der Waals surface area (Å²) in [7, 11) is 0. The summed E-state index contributed by atoms with van der Waals surface area (Å²) in [6, 6.07) is 2.97.